The Morgan fingerprint density at radius 2 is 1.79 bits per heavy atom. The van der Waals surface area contributed by atoms with Crippen LogP contribution in [0.1, 0.15) is 16.7 Å². The van der Waals surface area contributed by atoms with Gasteiger partial charge in [-0.3, -0.25) is 4.79 Å². The lowest BCUT2D eigenvalue weighted by molar-refractivity contribution is -0.120. The number of carbonyl (C=O) groups is 1. The summed E-state index contributed by atoms with van der Waals surface area (Å²) in [4.78, 5) is 14.3. The molecule has 0 spiro atoms. The van der Waals surface area contributed by atoms with Crippen LogP contribution in [0.4, 0.5) is 0 Å². The van der Waals surface area contributed by atoms with Gasteiger partial charge in [-0.2, -0.15) is 0 Å². The highest BCUT2D eigenvalue weighted by atomic mass is 35.5. The first-order chi connectivity index (χ1) is 11.5. The van der Waals surface area contributed by atoms with E-state index in [1.54, 1.807) is 25.3 Å². The summed E-state index contributed by atoms with van der Waals surface area (Å²) in [5.41, 5.74) is 3.10. The molecule has 4 nitrogen and oxygen atoms in total. The van der Waals surface area contributed by atoms with Gasteiger partial charge in [0.25, 0.3) is 0 Å². The molecule has 24 heavy (non-hydrogen) atoms. The molecule has 2 rings (SSSR count). The van der Waals surface area contributed by atoms with Crippen LogP contribution in [0.15, 0.2) is 42.5 Å². The van der Waals surface area contributed by atoms with E-state index >= 15 is 0 Å². The molecular weight excluding hydrogens is 324 g/mol. The average molecular weight is 347 g/mol. The monoisotopic (exact) mass is 346 g/mol. The van der Waals surface area contributed by atoms with E-state index in [0.29, 0.717) is 17.3 Å². The number of nitrogens with zero attached hydrogens (tertiary/aromatic N) is 1. The lowest BCUT2D eigenvalue weighted by Gasteiger charge is -2.11. The van der Waals surface area contributed by atoms with Gasteiger partial charge in [-0.25, -0.2) is 0 Å². The van der Waals surface area contributed by atoms with Crippen LogP contribution in [0, 0.1) is 0 Å². The van der Waals surface area contributed by atoms with Crippen molar-refractivity contribution < 1.29 is 9.53 Å². The summed E-state index contributed by atoms with van der Waals surface area (Å²) < 4.78 is 5.27. The number of hydrogen-bond donors (Lipinski definition) is 1. The third kappa shape index (κ3) is 5.55. The molecule has 0 saturated heterocycles. The molecule has 5 heteroatoms. The van der Waals surface area contributed by atoms with Crippen LogP contribution in [0.5, 0.6) is 5.75 Å². The first kappa shape index (κ1) is 18.3. The van der Waals surface area contributed by atoms with E-state index in [9.17, 15) is 4.79 Å². The predicted octanol–water partition coefficient (Wildman–Crippen LogP) is 3.27. The third-order valence-electron chi connectivity index (χ3n) is 3.60. The molecule has 0 radical (unpaired) electrons. The Morgan fingerprint density at radius 3 is 2.42 bits per heavy atom. The molecule has 0 fully saturated rings. The molecule has 0 heterocycles. The Morgan fingerprint density at radius 1 is 1.12 bits per heavy atom. The minimum absolute atomic E-state index is 0.0621. The second-order valence-corrected chi connectivity index (χ2v) is 6.40. The Labute approximate surface area is 148 Å². The van der Waals surface area contributed by atoms with E-state index in [4.69, 9.17) is 16.3 Å². The van der Waals surface area contributed by atoms with Gasteiger partial charge in [0.15, 0.2) is 0 Å². The molecule has 0 unspecified atom stereocenters. The molecule has 0 aliphatic heterocycles. The molecule has 2 aromatic rings. The number of hydrogen-bond acceptors (Lipinski definition) is 3. The predicted molar refractivity (Wildman–Crippen MR) is 97.4 cm³/mol. The van der Waals surface area contributed by atoms with Crippen molar-refractivity contribution in [1.29, 1.82) is 0 Å². The molecule has 128 valence electrons. The van der Waals surface area contributed by atoms with Crippen LogP contribution in [0.3, 0.4) is 0 Å². The lowest BCUT2D eigenvalue weighted by Crippen LogP contribution is -2.24. The molecule has 0 atom stereocenters. The number of carbonyl (C=O) groups excluding carboxylic acids is 1. The Balaban J connectivity index is 1.90. The van der Waals surface area contributed by atoms with Crippen molar-refractivity contribution in [1.82, 2.24) is 10.2 Å². The van der Waals surface area contributed by atoms with Gasteiger partial charge in [0.05, 0.1) is 13.5 Å². The summed E-state index contributed by atoms with van der Waals surface area (Å²) in [6.45, 7) is 1.41. The van der Waals surface area contributed by atoms with Crippen molar-refractivity contribution in [2.75, 3.05) is 21.2 Å². The van der Waals surface area contributed by atoms with Crippen LogP contribution in [-0.4, -0.2) is 32.0 Å². The largest absolute Gasteiger partial charge is 0.496 e. The zero-order valence-corrected chi connectivity index (χ0v) is 15.1. The van der Waals surface area contributed by atoms with Crippen molar-refractivity contribution in [2.45, 2.75) is 19.5 Å². The third-order valence-corrected chi connectivity index (χ3v) is 3.84. The van der Waals surface area contributed by atoms with Gasteiger partial charge < -0.3 is 15.0 Å². The molecule has 1 amide bonds. The van der Waals surface area contributed by atoms with Gasteiger partial charge >= 0.3 is 0 Å². The average Bonchev–Trinajstić information content (AvgIpc) is 2.54. The Kier molecular flexibility index (Phi) is 6.64. The van der Waals surface area contributed by atoms with Gasteiger partial charge in [-0.05, 0) is 43.4 Å². The summed E-state index contributed by atoms with van der Waals surface area (Å²) in [6.07, 6.45) is 0.239. The van der Waals surface area contributed by atoms with E-state index in [-0.39, 0.29) is 12.3 Å². The fraction of sp³-hybridized carbons (Fsp3) is 0.316. The van der Waals surface area contributed by atoms with Crippen molar-refractivity contribution in [3.8, 4) is 5.75 Å². The van der Waals surface area contributed by atoms with Crippen molar-refractivity contribution >= 4 is 17.5 Å². The normalized spacial score (nSPS) is 10.7. The van der Waals surface area contributed by atoms with Crippen LogP contribution in [0.25, 0.3) is 0 Å². The van der Waals surface area contributed by atoms with E-state index in [1.807, 2.05) is 26.2 Å². The van der Waals surface area contributed by atoms with E-state index < -0.39 is 0 Å². The zero-order chi connectivity index (χ0) is 17.5. The number of rotatable bonds is 7. The van der Waals surface area contributed by atoms with Gasteiger partial charge in [0.1, 0.15) is 5.75 Å². The quantitative estimate of drug-likeness (QED) is 0.836. The molecule has 0 saturated carbocycles. The molecule has 2 aromatic carbocycles. The van der Waals surface area contributed by atoms with E-state index in [2.05, 4.69) is 22.3 Å². The standard InChI is InChI=1S/C19H23ClN2O2/c1-22(2)13-15-6-4-14(5-7-15)12-21-19(23)11-16-10-17(20)8-9-18(16)24-3/h4-10H,11-13H2,1-3H3,(H,21,23). The zero-order valence-electron chi connectivity index (χ0n) is 14.3. The minimum Gasteiger partial charge on any atom is -0.496 e. The summed E-state index contributed by atoms with van der Waals surface area (Å²) in [5.74, 6) is 0.607. The fourth-order valence-corrected chi connectivity index (χ4v) is 2.64. The number of halogens is 1. The minimum atomic E-state index is -0.0621. The number of ether oxygens (including phenoxy) is 1. The maximum absolute atomic E-state index is 12.2. The van der Waals surface area contributed by atoms with E-state index in [1.165, 1.54) is 5.56 Å². The number of nitrogens with one attached hydrogen (secondary N) is 1. The molecule has 0 bridgehead atoms. The smallest absolute Gasteiger partial charge is 0.224 e. The summed E-state index contributed by atoms with van der Waals surface area (Å²) >= 11 is 5.99. The highest BCUT2D eigenvalue weighted by Gasteiger charge is 2.09. The molecule has 1 N–H and O–H groups in total. The number of benzene rings is 2. The van der Waals surface area contributed by atoms with Crippen molar-refractivity contribution in [3.05, 3.63) is 64.2 Å². The van der Waals surface area contributed by atoms with Gasteiger partial charge in [0.2, 0.25) is 5.91 Å². The van der Waals surface area contributed by atoms with Crippen molar-refractivity contribution in [3.63, 3.8) is 0 Å². The van der Waals surface area contributed by atoms with Crippen LogP contribution in [-0.2, 0) is 24.3 Å². The molecule has 0 aromatic heterocycles. The second-order valence-electron chi connectivity index (χ2n) is 5.96. The lowest BCUT2D eigenvalue weighted by atomic mass is 10.1. The highest BCUT2D eigenvalue weighted by molar-refractivity contribution is 6.30. The van der Waals surface area contributed by atoms with E-state index in [0.717, 1.165) is 17.7 Å². The van der Waals surface area contributed by atoms with Crippen LogP contribution >= 0.6 is 11.6 Å². The highest BCUT2D eigenvalue weighted by Crippen LogP contribution is 2.23. The van der Waals surface area contributed by atoms with Crippen LogP contribution in [0.2, 0.25) is 5.02 Å². The Bertz CT molecular complexity index is 684. The maximum atomic E-state index is 12.2. The summed E-state index contributed by atoms with van der Waals surface area (Å²) in [6, 6.07) is 13.5. The topological polar surface area (TPSA) is 41.6 Å². The summed E-state index contributed by atoms with van der Waals surface area (Å²) in [5, 5.41) is 3.52. The Hall–Kier alpha value is -2.04. The first-order valence-electron chi connectivity index (χ1n) is 7.79. The van der Waals surface area contributed by atoms with Gasteiger partial charge in [-0.1, -0.05) is 35.9 Å². The number of amides is 1. The van der Waals surface area contributed by atoms with Gasteiger partial charge in [0, 0.05) is 23.7 Å². The SMILES string of the molecule is COc1ccc(Cl)cc1CC(=O)NCc1ccc(CN(C)C)cc1. The molecule has 0 aliphatic carbocycles. The fourth-order valence-electron chi connectivity index (χ4n) is 2.45. The maximum Gasteiger partial charge on any atom is 0.224 e. The molecule has 0 aliphatic rings. The molecular formula is C19H23ClN2O2. The van der Waals surface area contributed by atoms with Crippen LogP contribution < -0.4 is 10.1 Å². The summed E-state index contributed by atoms with van der Waals surface area (Å²) in [7, 11) is 5.66. The van der Waals surface area contributed by atoms with Crippen molar-refractivity contribution in [2.24, 2.45) is 0 Å². The first-order valence-corrected chi connectivity index (χ1v) is 8.17. The number of methoxy groups -OCH3 is 1. The van der Waals surface area contributed by atoms with Gasteiger partial charge in [-0.15, -0.1) is 0 Å². The second kappa shape index (κ2) is 8.71.